The first-order chi connectivity index (χ1) is 9.12. The van der Waals surface area contributed by atoms with Gasteiger partial charge in [0, 0.05) is 20.4 Å². The van der Waals surface area contributed by atoms with Gasteiger partial charge in [0.2, 0.25) is 0 Å². The zero-order chi connectivity index (χ0) is 14.0. The number of hydrogen-bond acceptors (Lipinski definition) is 7. The van der Waals surface area contributed by atoms with Gasteiger partial charge in [-0.2, -0.15) is 4.98 Å². The van der Waals surface area contributed by atoms with Gasteiger partial charge in [-0.1, -0.05) is 0 Å². The number of aromatic nitrogens is 2. The molecule has 1 aromatic heterocycles. The molecule has 1 saturated heterocycles. The van der Waals surface area contributed by atoms with Gasteiger partial charge in [-0.15, -0.1) is 0 Å². The molecule has 2 rings (SSSR count). The lowest BCUT2D eigenvalue weighted by Crippen LogP contribution is -2.37. The van der Waals surface area contributed by atoms with Crippen molar-refractivity contribution in [2.75, 3.05) is 26.1 Å². The fraction of sp³-hybridized carbons (Fsp3) is 0.636. The van der Waals surface area contributed by atoms with E-state index in [0.717, 1.165) is 0 Å². The Balaban J connectivity index is 2.33. The van der Waals surface area contributed by atoms with Crippen molar-refractivity contribution in [2.24, 2.45) is 0 Å². The Kier molecular flexibility index (Phi) is 4.15. The van der Waals surface area contributed by atoms with Crippen LogP contribution >= 0.6 is 0 Å². The third kappa shape index (κ3) is 2.47. The van der Waals surface area contributed by atoms with Crippen LogP contribution in [0.1, 0.15) is 6.23 Å². The topological polar surface area (TPSA) is 106 Å². The lowest BCUT2D eigenvalue weighted by Gasteiger charge is -2.20. The minimum Gasteiger partial charge on any atom is -0.394 e. The Morgan fingerprint density at radius 1 is 1.63 bits per heavy atom. The first-order valence-electron chi connectivity index (χ1n) is 5.86. The van der Waals surface area contributed by atoms with Crippen molar-refractivity contribution in [1.82, 2.24) is 9.55 Å². The van der Waals surface area contributed by atoms with Crippen LogP contribution < -0.4 is 11.0 Å². The Labute approximate surface area is 109 Å². The molecule has 2 heterocycles. The molecule has 0 unspecified atom stereocenters. The summed E-state index contributed by atoms with van der Waals surface area (Å²) in [6.07, 6.45) is -1.84. The third-order valence-corrected chi connectivity index (χ3v) is 3.13. The molecule has 0 aromatic carbocycles. The maximum absolute atomic E-state index is 11.9. The predicted molar refractivity (Wildman–Crippen MR) is 65.8 cm³/mol. The highest BCUT2D eigenvalue weighted by Gasteiger charge is 2.45. The van der Waals surface area contributed by atoms with E-state index in [9.17, 15) is 9.90 Å². The first kappa shape index (κ1) is 13.9. The number of nitrogens with one attached hydrogen (secondary N) is 1. The van der Waals surface area contributed by atoms with E-state index in [-0.39, 0.29) is 6.61 Å². The molecule has 1 aliphatic heterocycles. The molecule has 1 aromatic rings. The molecular formula is C11H17N3O5. The maximum Gasteiger partial charge on any atom is 0.351 e. The Morgan fingerprint density at radius 2 is 2.37 bits per heavy atom. The van der Waals surface area contributed by atoms with Crippen molar-refractivity contribution in [3.05, 3.63) is 22.7 Å². The summed E-state index contributed by atoms with van der Waals surface area (Å²) in [5.41, 5.74) is -0.523. The molecule has 0 spiro atoms. The second-order valence-corrected chi connectivity index (χ2v) is 4.19. The molecule has 4 atom stereocenters. The fourth-order valence-electron chi connectivity index (χ4n) is 2.09. The third-order valence-electron chi connectivity index (χ3n) is 3.13. The molecule has 1 fully saturated rings. The standard InChI is InChI=1S/C11H17N3O5/c1-12-7-3-4-14(11(17)13-7)10-9(18-2)8(16)6(5-15)19-10/h3-4,6,8-10,15-16H,5H2,1-2H3,(H,12,13,17)/t6-,8-,9-,10-/m1/s1. The van der Waals surface area contributed by atoms with E-state index in [1.807, 2.05) is 0 Å². The molecule has 106 valence electrons. The number of methoxy groups -OCH3 is 1. The van der Waals surface area contributed by atoms with E-state index < -0.39 is 30.2 Å². The first-order valence-corrected chi connectivity index (χ1v) is 5.86. The van der Waals surface area contributed by atoms with Crippen molar-refractivity contribution in [3.63, 3.8) is 0 Å². The van der Waals surface area contributed by atoms with Crippen LogP contribution in [-0.4, -0.2) is 58.8 Å². The van der Waals surface area contributed by atoms with Gasteiger partial charge in [-0.05, 0) is 6.07 Å². The zero-order valence-electron chi connectivity index (χ0n) is 10.7. The number of aliphatic hydroxyl groups excluding tert-OH is 2. The van der Waals surface area contributed by atoms with Crippen LogP contribution in [0, 0.1) is 0 Å². The molecule has 0 bridgehead atoms. The molecule has 0 saturated carbocycles. The van der Waals surface area contributed by atoms with E-state index in [2.05, 4.69) is 10.3 Å². The van der Waals surface area contributed by atoms with Gasteiger partial charge in [0.15, 0.2) is 6.23 Å². The van der Waals surface area contributed by atoms with E-state index in [4.69, 9.17) is 14.6 Å². The molecular weight excluding hydrogens is 254 g/mol. The Bertz CT molecular complexity index is 491. The van der Waals surface area contributed by atoms with E-state index in [0.29, 0.717) is 5.82 Å². The van der Waals surface area contributed by atoms with Crippen LogP contribution in [0.25, 0.3) is 0 Å². The molecule has 19 heavy (non-hydrogen) atoms. The summed E-state index contributed by atoms with van der Waals surface area (Å²) in [4.78, 5) is 15.7. The summed E-state index contributed by atoms with van der Waals surface area (Å²) in [5.74, 6) is 0.437. The van der Waals surface area contributed by atoms with Crippen molar-refractivity contribution in [3.8, 4) is 0 Å². The van der Waals surface area contributed by atoms with Gasteiger partial charge < -0.3 is 25.0 Å². The highest BCUT2D eigenvalue weighted by Crippen LogP contribution is 2.30. The number of anilines is 1. The quantitative estimate of drug-likeness (QED) is 0.615. The van der Waals surface area contributed by atoms with Crippen LogP contribution in [-0.2, 0) is 9.47 Å². The molecule has 0 radical (unpaired) electrons. The highest BCUT2D eigenvalue weighted by molar-refractivity contribution is 5.30. The second-order valence-electron chi connectivity index (χ2n) is 4.19. The second kappa shape index (κ2) is 5.66. The van der Waals surface area contributed by atoms with E-state index in [1.165, 1.54) is 17.9 Å². The van der Waals surface area contributed by atoms with Crippen molar-refractivity contribution >= 4 is 5.82 Å². The Hall–Kier alpha value is -1.48. The van der Waals surface area contributed by atoms with E-state index in [1.54, 1.807) is 13.1 Å². The van der Waals surface area contributed by atoms with Crippen LogP contribution in [0.5, 0.6) is 0 Å². The minimum absolute atomic E-state index is 0.353. The van der Waals surface area contributed by atoms with Crippen molar-refractivity contribution in [2.45, 2.75) is 24.5 Å². The molecule has 8 nitrogen and oxygen atoms in total. The van der Waals surface area contributed by atoms with Gasteiger partial charge in [0.25, 0.3) is 0 Å². The fourth-order valence-corrected chi connectivity index (χ4v) is 2.09. The molecule has 0 aliphatic carbocycles. The SMILES string of the molecule is CNc1ccn([C@@H]2O[C@H](CO)[C@@H](O)[C@H]2OC)c(=O)n1. The maximum atomic E-state index is 11.9. The molecule has 8 heteroatoms. The Morgan fingerprint density at radius 3 is 2.89 bits per heavy atom. The van der Waals surface area contributed by atoms with Crippen LogP contribution in [0.2, 0.25) is 0 Å². The summed E-state index contributed by atoms with van der Waals surface area (Å²) in [5, 5.41) is 21.8. The van der Waals surface area contributed by atoms with E-state index >= 15 is 0 Å². The lowest BCUT2D eigenvalue weighted by atomic mass is 10.1. The van der Waals surface area contributed by atoms with Crippen LogP contribution in [0.4, 0.5) is 5.82 Å². The minimum atomic E-state index is -1.00. The molecule has 0 amide bonds. The summed E-state index contributed by atoms with van der Waals surface area (Å²) in [6, 6.07) is 1.61. The van der Waals surface area contributed by atoms with Gasteiger partial charge in [0.05, 0.1) is 6.61 Å². The van der Waals surface area contributed by atoms with Crippen LogP contribution in [0.15, 0.2) is 17.1 Å². The van der Waals surface area contributed by atoms with Crippen LogP contribution in [0.3, 0.4) is 0 Å². The lowest BCUT2D eigenvalue weighted by molar-refractivity contribution is -0.0624. The predicted octanol–water partition coefficient (Wildman–Crippen LogP) is -1.45. The number of hydrogen-bond donors (Lipinski definition) is 3. The summed E-state index contributed by atoms with van der Waals surface area (Å²) >= 11 is 0. The molecule has 1 aliphatic rings. The summed E-state index contributed by atoms with van der Waals surface area (Å²) in [6.45, 7) is -0.353. The van der Waals surface area contributed by atoms with Gasteiger partial charge in [-0.25, -0.2) is 4.79 Å². The average Bonchev–Trinajstić information content (AvgIpc) is 2.74. The summed E-state index contributed by atoms with van der Waals surface area (Å²) in [7, 11) is 3.06. The number of ether oxygens (including phenoxy) is 2. The van der Waals surface area contributed by atoms with Gasteiger partial charge in [-0.3, -0.25) is 4.57 Å². The van der Waals surface area contributed by atoms with Crippen molar-refractivity contribution in [1.29, 1.82) is 0 Å². The summed E-state index contributed by atoms with van der Waals surface area (Å²) < 4.78 is 11.8. The zero-order valence-corrected chi connectivity index (χ0v) is 10.7. The smallest absolute Gasteiger partial charge is 0.351 e. The monoisotopic (exact) mass is 271 g/mol. The average molecular weight is 271 g/mol. The normalized spacial score (nSPS) is 30.5. The number of rotatable bonds is 4. The van der Waals surface area contributed by atoms with Gasteiger partial charge in [0.1, 0.15) is 24.1 Å². The molecule has 3 N–H and O–H groups in total. The van der Waals surface area contributed by atoms with Gasteiger partial charge >= 0.3 is 5.69 Å². The number of nitrogens with zero attached hydrogens (tertiary/aromatic N) is 2. The van der Waals surface area contributed by atoms with Crippen molar-refractivity contribution < 1.29 is 19.7 Å². The number of aliphatic hydroxyl groups is 2. The highest BCUT2D eigenvalue weighted by atomic mass is 16.6. The largest absolute Gasteiger partial charge is 0.394 e.